The molecule has 0 saturated carbocycles. The Kier molecular flexibility index (Phi) is 5.84. The second kappa shape index (κ2) is 7.94. The van der Waals surface area contributed by atoms with Crippen LogP contribution in [0.5, 0.6) is 5.75 Å². The topological polar surface area (TPSA) is 87.7 Å². The smallest absolute Gasteiger partial charge is 0.262 e. The van der Waals surface area contributed by atoms with Crippen LogP contribution in [0.4, 0.5) is 5.69 Å². The molecule has 0 unspecified atom stereocenters. The summed E-state index contributed by atoms with van der Waals surface area (Å²) in [5.74, 6) is 0.700. The zero-order valence-electron chi connectivity index (χ0n) is 15.3. The van der Waals surface area contributed by atoms with Crippen molar-refractivity contribution in [2.24, 2.45) is 5.92 Å². The summed E-state index contributed by atoms with van der Waals surface area (Å²) >= 11 is 0. The van der Waals surface area contributed by atoms with Crippen molar-refractivity contribution in [1.29, 1.82) is 0 Å². The van der Waals surface area contributed by atoms with Crippen LogP contribution in [0.15, 0.2) is 23.1 Å². The molecule has 0 bridgehead atoms. The molecule has 0 spiro atoms. The number of carbonyl (C=O) groups excluding carboxylic acids is 1. The van der Waals surface area contributed by atoms with Gasteiger partial charge in [-0.1, -0.05) is 13.8 Å². The van der Waals surface area contributed by atoms with E-state index in [2.05, 4.69) is 28.8 Å². The molecule has 3 rings (SSSR count). The van der Waals surface area contributed by atoms with Gasteiger partial charge in [-0.2, -0.15) is 0 Å². The molecule has 0 aliphatic carbocycles. The van der Waals surface area contributed by atoms with E-state index < -0.39 is 10.0 Å². The van der Waals surface area contributed by atoms with E-state index in [1.165, 1.54) is 25.0 Å². The van der Waals surface area contributed by atoms with Crippen LogP contribution in [0, 0.1) is 5.92 Å². The molecule has 0 radical (unpaired) electrons. The minimum atomic E-state index is -3.66. The summed E-state index contributed by atoms with van der Waals surface area (Å²) < 4.78 is 33.5. The third-order valence-electron chi connectivity index (χ3n) is 4.80. The highest BCUT2D eigenvalue weighted by molar-refractivity contribution is 7.89. The van der Waals surface area contributed by atoms with Crippen molar-refractivity contribution in [3.05, 3.63) is 18.2 Å². The minimum Gasteiger partial charge on any atom is -0.482 e. The van der Waals surface area contributed by atoms with Gasteiger partial charge in [0.2, 0.25) is 10.0 Å². The average molecular weight is 381 g/mol. The number of carbonyl (C=O) groups is 1. The van der Waals surface area contributed by atoms with Gasteiger partial charge in [0.1, 0.15) is 5.75 Å². The highest BCUT2D eigenvalue weighted by Gasteiger charge is 2.26. The van der Waals surface area contributed by atoms with E-state index in [0.717, 1.165) is 19.5 Å². The van der Waals surface area contributed by atoms with Gasteiger partial charge in [0.15, 0.2) is 6.61 Å². The van der Waals surface area contributed by atoms with Crippen molar-refractivity contribution in [2.45, 2.75) is 44.0 Å². The molecule has 144 valence electrons. The minimum absolute atomic E-state index is 0.0515. The molecule has 1 amide bonds. The van der Waals surface area contributed by atoms with E-state index in [1.807, 2.05) is 0 Å². The monoisotopic (exact) mass is 381 g/mol. The summed E-state index contributed by atoms with van der Waals surface area (Å²) in [6, 6.07) is 4.73. The first-order valence-corrected chi connectivity index (χ1v) is 10.6. The number of benzene rings is 1. The first-order valence-electron chi connectivity index (χ1n) is 9.15. The lowest BCUT2D eigenvalue weighted by Crippen LogP contribution is -2.43. The molecule has 1 aromatic rings. The summed E-state index contributed by atoms with van der Waals surface area (Å²) in [6.07, 6.45) is 3.30. The van der Waals surface area contributed by atoms with E-state index in [1.54, 1.807) is 6.07 Å². The Morgan fingerprint density at radius 1 is 1.27 bits per heavy atom. The summed E-state index contributed by atoms with van der Waals surface area (Å²) in [4.78, 5) is 14.0. The third kappa shape index (κ3) is 4.55. The SMILES string of the molecule is CC(C)C[C@H](CNS(=O)(=O)c1ccc2c(c1)NC(=O)CO2)N1CCCC1. The van der Waals surface area contributed by atoms with E-state index in [0.29, 0.717) is 23.9 Å². The molecule has 26 heavy (non-hydrogen) atoms. The molecule has 2 aliphatic heterocycles. The highest BCUT2D eigenvalue weighted by atomic mass is 32.2. The van der Waals surface area contributed by atoms with Crippen molar-refractivity contribution in [3.8, 4) is 5.75 Å². The fourth-order valence-electron chi connectivity index (χ4n) is 3.53. The predicted molar refractivity (Wildman–Crippen MR) is 99.8 cm³/mol. The van der Waals surface area contributed by atoms with Gasteiger partial charge in [-0.05, 0) is 56.5 Å². The molecule has 1 fully saturated rings. The molecule has 8 heteroatoms. The molecule has 1 saturated heterocycles. The van der Waals surface area contributed by atoms with Crippen LogP contribution in [0.2, 0.25) is 0 Å². The van der Waals surface area contributed by atoms with Crippen LogP contribution >= 0.6 is 0 Å². The Hall–Kier alpha value is -1.64. The zero-order chi connectivity index (χ0) is 18.7. The van der Waals surface area contributed by atoms with Crippen molar-refractivity contribution >= 4 is 21.6 Å². The van der Waals surface area contributed by atoms with Gasteiger partial charge in [-0.3, -0.25) is 9.69 Å². The number of hydrogen-bond donors (Lipinski definition) is 2. The Bertz CT molecular complexity index is 758. The molecule has 0 aromatic heterocycles. The number of fused-ring (bicyclic) bond motifs is 1. The van der Waals surface area contributed by atoms with E-state index >= 15 is 0 Å². The molecule has 7 nitrogen and oxygen atoms in total. The van der Waals surface area contributed by atoms with E-state index in [-0.39, 0.29) is 23.5 Å². The number of nitrogens with zero attached hydrogens (tertiary/aromatic N) is 1. The van der Waals surface area contributed by atoms with Crippen molar-refractivity contribution in [3.63, 3.8) is 0 Å². The van der Waals surface area contributed by atoms with E-state index in [4.69, 9.17) is 4.74 Å². The number of amides is 1. The van der Waals surface area contributed by atoms with Gasteiger partial charge >= 0.3 is 0 Å². The maximum Gasteiger partial charge on any atom is 0.262 e. The number of likely N-dealkylation sites (tertiary alicyclic amines) is 1. The normalized spacial score (nSPS) is 19.1. The summed E-state index contributed by atoms with van der Waals surface area (Å²) in [5, 5.41) is 2.64. The van der Waals surface area contributed by atoms with Gasteiger partial charge in [0.05, 0.1) is 10.6 Å². The van der Waals surface area contributed by atoms with Crippen LogP contribution in [-0.2, 0) is 14.8 Å². The second-order valence-electron chi connectivity index (χ2n) is 7.37. The lowest BCUT2D eigenvalue weighted by molar-refractivity contribution is -0.118. The molecular formula is C18H27N3O4S. The average Bonchev–Trinajstić information content (AvgIpc) is 3.12. The third-order valence-corrected chi connectivity index (χ3v) is 6.22. The lowest BCUT2D eigenvalue weighted by Gasteiger charge is -2.29. The zero-order valence-corrected chi connectivity index (χ0v) is 16.1. The maximum atomic E-state index is 12.7. The van der Waals surface area contributed by atoms with Crippen LogP contribution < -0.4 is 14.8 Å². The van der Waals surface area contributed by atoms with Crippen molar-refractivity contribution in [1.82, 2.24) is 9.62 Å². The van der Waals surface area contributed by atoms with Crippen LogP contribution in [-0.4, -0.2) is 51.5 Å². The van der Waals surface area contributed by atoms with Crippen LogP contribution in [0.25, 0.3) is 0 Å². The Labute approximate surface area is 155 Å². The molecule has 2 aliphatic rings. The Balaban J connectivity index is 1.71. The van der Waals surface area contributed by atoms with Crippen molar-refractivity contribution < 1.29 is 17.9 Å². The number of nitrogens with one attached hydrogen (secondary N) is 2. The molecule has 2 N–H and O–H groups in total. The number of rotatable bonds is 7. The second-order valence-corrected chi connectivity index (χ2v) is 9.14. The number of hydrogen-bond acceptors (Lipinski definition) is 5. The number of ether oxygens (including phenoxy) is 1. The first kappa shape index (κ1) is 19.1. The summed E-state index contributed by atoms with van der Waals surface area (Å²) in [5.41, 5.74) is 0.391. The van der Waals surface area contributed by atoms with Gasteiger partial charge < -0.3 is 10.1 Å². The number of sulfonamides is 1. The fourth-order valence-corrected chi connectivity index (χ4v) is 4.63. The predicted octanol–water partition coefficient (Wildman–Crippen LogP) is 1.81. The van der Waals surface area contributed by atoms with Crippen molar-refractivity contribution in [2.75, 3.05) is 31.6 Å². The summed E-state index contributed by atoms with van der Waals surface area (Å²) in [6.45, 7) is 6.71. The quantitative estimate of drug-likeness (QED) is 0.752. The van der Waals surface area contributed by atoms with Gasteiger partial charge in [0, 0.05) is 12.6 Å². The van der Waals surface area contributed by atoms with Gasteiger partial charge in [-0.15, -0.1) is 0 Å². The number of anilines is 1. The van der Waals surface area contributed by atoms with E-state index in [9.17, 15) is 13.2 Å². The lowest BCUT2D eigenvalue weighted by atomic mass is 10.0. The molecule has 1 aromatic carbocycles. The highest BCUT2D eigenvalue weighted by Crippen LogP contribution is 2.30. The standard InChI is InChI=1S/C18H27N3O4S/c1-13(2)9-14(21-7-3-4-8-21)11-19-26(23,24)15-5-6-17-16(10-15)20-18(22)12-25-17/h5-6,10,13-14,19H,3-4,7-9,11-12H2,1-2H3,(H,20,22)/t14-/m1/s1. The van der Waals surface area contributed by atoms with Gasteiger partial charge in [-0.25, -0.2) is 13.1 Å². The summed E-state index contributed by atoms with van der Waals surface area (Å²) in [7, 11) is -3.66. The molecule has 2 heterocycles. The molecule has 1 atom stereocenters. The molecular weight excluding hydrogens is 354 g/mol. The maximum absolute atomic E-state index is 12.7. The fraction of sp³-hybridized carbons (Fsp3) is 0.611. The Morgan fingerprint density at radius 2 is 2.00 bits per heavy atom. The largest absolute Gasteiger partial charge is 0.482 e. The van der Waals surface area contributed by atoms with Crippen LogP contribution in [0.1, 0.15) is 33.1 Å². The van der Waals surface area contributed by atoms with Gasteiger partial charge in [0.25, 0.3) is 5.91 Å². The first-order chi connectivity index (χ1) is 12.3. The Morgan fingerprint density at radius 3 is 2.69 bits per heavy atom. The van der Waals surface area contributed by atoms with Crippen LogP contribution in [0.3, 0.4) is 0 Å².